The van der Waals surface area contributed by atoms with Crippen LogP contribution in [0.2, 0.25) is 0 Å². The normalized spacial score (nSPS) is 14.6. The second-order valence-electron chi connectivity index (χ2n) is 2.63. The Morgan fingerprint density at radius 1 is 1.71 bits per heavy atom. The molecule has 0 bridgehead atoms. The number of hydrogen-bond donors (Lipinski definition) is 2. The van der Waals surface area contributed by atoms with Gasteiger partial charge in [0, 0.05) is 11.9 Å². The van der Waals surface area contributed by atoms with Crippen molar-refractivity contribution < 1.29 is 14.1 Å². The van der Waals surface area contributed by atoms with E-state index in [1.165, 1.54) is 18.3 Å². The highest BCUT2D eigenvalue weighted by atomic mass is 32.2. The largest absolute Gasteiger partial charge is 0.478 e. The molecule has 1 aromatic rings. The molecule has 1 aromatic heterocycles. The maximum absolute atomic E-state index is 11.6. The van der Waals surface area contributed by atoms with Gasteiger partial charge in [-0.2, -0.15) is 0 Å². The van der Waals surface area contributed by atoms with Crippen molar-refractivity contribution in [3.05, 3.63) is 23.9 Å². The summed E-state index contributed by atoms with van der Waals surface area (Å²) < 4.78 is 19.1. The summed E-state index contributed by atoms with van der Waals surface area (Å²) >= 11 is 0. The number of pyridine rings is 1. The molecule has 0 saturated carbocycles. The minimum Gasteiger partial charge on any atom is -0.478 e. The van der Waals surface area contributed by atoms with Crippen LogP contribution >= 0.6 is 0 Å². The molecule has 0 aromatic carbocycles. The Balaban J connectivity index is 3.42. The Morgan fingerprint density at radius 3 is 2.86 bits per heavy atom. The van der Waals surface area contributed by atoms with Gasteiger partial charge < -0.3 is 5.11 Å². The fraction of sp³-hybridized carbons (Fsp3) is 0.250. The third kappa shape index (κ3) is 1.90. The number of aromatic nitrogens is 1. The fourth-order valence-electron chi connectivity index (χ4n) is 0.953. The predicted octanol–water partition coefficient (Wildman–Crippen LogP) is 1.21. The number of aromatic carboxylic acids is 1. The monoisotopic (exact) mass is 214 g/mol. The van der Waals surface area contributed by atoms with Crippen molar-refractivity contribution in [2.75, 3.05) is 5.75 Å². The van der Waals surface area contributed by atoms with E-state index in [0.29, 0.717) is 0 Å². The molecule has 1 heterocycles. The lowest BCUT2D eigenvalue weighted by Gasteiger charge is -2.05. The van der Waals surface area contributed by atoms with E-state index in [2.05, 4.69) is 4.98 Å². The lowest BCUT2D eigenvalue weighted by Crippen LogP contribution is -2.11. The van der Waals surface area contributed by atoms with E-state index in [4.69, 9.17) is 9.89 Å². The van der Waals surface area contributed by atoms with Gasteiger partial charge in [-0.05, 0) is 12.1 Å². The molecule has 0 fully saturated rings. The molecule has 1 rings (SSSR count). The molecule has 0 aliphatic carbocycles. The number of carbonyl (C=O) groups is 1. The van der Waals surface area contributed by atoms with Crippen molar-refractivity contribution in [1.82, 2.24) is 4.98 Å². The predicted molar refractivity (Wildman–Crippen MR) is 50.9 cm³/mol. The molecule has 0 radical (unpaired) electrons. The van der Waals surface area contributed by atoms with Crippen LogP contribution in [0.3, 0.4) is 0 Å². The van der Waals surface area contributed by atoms with E-state index in [-0.39, 0.29) is 16.3 Å². The summed E-state index contributed by atoms with van der Waals surface area (Å²) in [6, 6.07) is 2.74. The van der Waals surface area contributed by atoms with Gasteiger partial charge in [-0.3, -0.25) is 0 Å². The molecule has 0 unspecified atom stereocenters. The Labute approximate surface area is 81.8 Å². The quantitative estimate of drug-likeness (QED) is 0.791. The first-order chi connectivity index (χ1) is 6.49. The van der Waals surface area contributed by atoms with Crippen LogP contribution in [0.15, 0.2) is 23.4 Å². The van der Waals surface area contributed by atoms with Gasteiger partial charge in [0.1, 0.15) is 5.03 Å². The molecule has 0 aliphatic rings. The highest BCUT2D eigenvalue weighted by Crippen LogP contribution is 2.14. The first kappa shape index (κ1) is 10.6. The van der Waals surface area contributed by atoms with Crippen LogP contribution in [0.5, 0.6) is 0 Å². The summed E-state index contributed by atoms with van der Waals surface area (Å²) in [4.78, 5) is 14.4. The summed E-state index contributed by atoms with van der Waals surface area (Å²) in [5, 5.41) is 8.63. The molecule has 5 nitrogen and oxygen atoms in total. The van der Waals surface area contributed by atoms with Crippen LogP contribution in [-0.4, -0.2) is 26.0 Å². The Morgan fingerprint density at radius 2 is 2.36 bits per heavy atom. The van der Waals surface area contributed by atoms with Gasteiger partial charge in [0.05, 0.1) is 15.3 Å². The SMILES string of the molecule is CC[S@@](=N)(=O)c1ncccc1C(=O)O. The molecule has 0 amide bonds. The van der Waals surface area contributed by atoms with Crippen LogP contribution in [0.4, 0.5) is 0 Å². The zero-order chi connectivity index (χ0) is 10.8. The molecule has 0 spiro atoms. The molecule has 2 N–H and O–H groups in total. The summed E-state index contributed by atoms with van der Waals surface area (Å²) in [5.74, 6) is -1.15. The van der Waals surface area contributed by atoms with Crippen molar-refractivity contribution in [3.63, 3.8) is 0 Å². The van der Waals surface area contributed by atoms with E-state index in [1.807, 2.05) is 0 Å². The van der Waals surface area contributed by atoms with Crippen LogP contribution in [-0.2, 0) is 9.73 Å². The molecule has 0 saturated heterocycles. The lowest BCUT2D eigenvalue weighted by molar-refractivity contribution is 0.0692. The zero-order valence-electron chi connectivity index (χ0n) is 7.56. The van der Waals surface area contributed by atoms with E-state index < -0.39 is 15.7 Å². The van der Waals surface area contributed by atoms with E-state index in [0.717, 1.165) is 0 Å². The minimum atomic E-state index is -3.07. The molecular weight excluding hydrogens is 204 g/mol. The first-order valence-electron chi connectivity index (χ1n) is 3.94. The molecule has 14 heavy (non-hydrogen) atoms. The van der Waals surface area contributed by atoms with Gasteiger partial charge >= 0.3 is 5.97 Å². The number of rotatable bonds is 3. The second kappa shape index (κ2) is 3.75. The van der Waals surface area contributed by atoms with Crippen molar-refractivity contribution in [2.45, 2.75) is 11.9 Å². The van der Waals surface area contributed by atoms with Gasteiger partial charge in [-0.1, -0.05) is 6.92 Å². The topological polar surface area (TPSA) is 91.1 Å². The zero-order valence-corrected chi connectivity index (χ0v) is 8.37. The average molecular weight is 214 g/mol. The fourth-order valence-corrected chi connectivity index (χ4v) is 1.97. The summed E-state index contributed by atoms with van der Waals surface area (Å²) in [5.41, 5.74) is -0.158. The van der Waals surface area contributed by atoms with Crippen molar-refractivity contribution in [3.8, 4) is 0 Å². The third-order valence-electron chi connectivity index (χ3n) is 1.72. The summed E-state index contributed by atoms with van der Waals surface area (Å²) in [7, 11) is -3.07. The lowest BCUT2D eigenvalue weighted by atomic mass is 10.3. The summed E-state index contributed by atoms with van der Waals surface area (Å²) in [6.45, 7) is 1.57. The van der Waals surface area contributed by atoms with Crippen molar-refractivity contribution >= 4 is 15.7 Å². The van der Waals surface area contributed by atoms with E-state index in [9.17, 15) is 9.00 Å². The molecular formula is C8H10N2O3S. The smallest absolute Gasteiger partial charge is 0.338 e. The van der Waals surface area contributed by atoms with Crippen molar-refractivity contribution in [2.24, 2.45) is 0 Å². The highest BCUT2D eigenvalue weighted by Gasteiger charge is 2.18. The van der Waals surface area contributed by atoms with Gasteiger partial charge in [-0.15, -0.1) is 0 Å². The molecule has 76 valence electrons. The number of carboxylic acid groups (broad SMARTS) is 1. The third-order valence-corrected chi connectivity index (χ3v) is 3.48. The molecule has 6 heteroatoms. The van der Waals surface area contributed by atoms with Crippen LogP contribution in [0.1, 0.15) is 17.3 Å². The maximum Gasteiger partial charge on any atom is 0.338 e. The van der Waals surface area contributed by atoms with Crippen LogP contribution in [0, 0.1) is 4.78 Å². The Hall–Kier alpha value is -1.43. The number of carboxylic acids is 1. The van der Waals surface area contributed by atoms with Gasteiger partial charge in [0.15, 0.2) is 0 Å². The Kier molecular flexibility index (Phi) is 2.85. The standard InChI is InChI=1S/C8H10N2O3S/c1-2-14(9,13)7-6(8(11)12)4-3-5-10-7/h3-5,9H,2H2,1H3,(H,11,12)/t14-/m1/s1. The van der Waals surface area contributed by atoms with Gasteiger partial charge in [0.25, 0.3) is 0 Å². The number of nitrogens with zero attached hydrogens (tertiary/aromatic N) is 1. The van der Waals surface area contributed by atoms with Crippen LogP contribution < -0.4 is 0 Å². The maximum atomic E-state index is 11.6. The van der Waals surface area contributed by atoms with E-state index >= 15 is 0 Å². The highest BCUT2D eigenvalue weighted by molar-refractivity contribution is 7.92. The number of hydrogen-bond acceptors (Lipinski definition) is 4. The first-order valence-corrected chi connectivity index (χ1v) is 5.66. The van der Waals surface area contributed by atoms with Crippen LogP contribution in [0.25, 0.3) is 0 Å². The van der Waals surface area contributed by atoms with Gasteiger partial charge in [-0.25, -0.2) is 18.8 Å². The average Bonchev–Trinajstić information content (AvgIpc) is 2.18. The van der Waals surface area contributed by atoms with E-state index in [1.54, 1.807) is 6.92 Å². The second-order valence-corrected chi connectivity index (χ2v) is 4.94. The Bertz CT molecular complexity index is 453. The van der Waals surface area contributed by atoms with Gasteiger partial charge in [0.2, 0.25) is 0 Å². The number of nitrogens with one attached hydrogen (secondary N) is 1. The molecule has 0 aliphatic heterocycles. The van der Waals surface area contributed by atoms with Crippen molar-refractivity contribution in [1.29, 1.82) is 4.78 Å². The molecule has 1 atom stereocenters. The summed E-state index contributed by atoms with van der Waals surface area (Å²) in [6.07, 6.45) is 1.34. The minimum absolute atomic E-state index is 0.0598.